The molecule has 16 heavy (non-hydrogen) atoms. The summed E-state index contributed by atoms with van der Waals surface area (Å²) in [6, 6.07) is 4.88. The van der Waals surface area contributed by atoms with E-state index in [0.29, 0.717) is 5.56 Å². The van der Waals surface area contributed by atoms with E-state index in [9.17, 15) is 4.39 Å². The maximum Gasteiger partial charge on any atom is 0.169 e. The van der Waals surface area contributed by atoms with Crippen molar-refractivity contribution >= 4 is 0 Å². The van der Waals surface area contributed by atoms with Gasteiger partial charge >= 0.3 is 0 Å². The molecule has 0 unspecified atom stereocenters. The van der Waals surface area contributed by atoms with E-state index >= 15 is 0 Å². The van der Waals surface area contributed by atoms with Crippen molar-refractivity contribution in [2.45, 2.75) is 38.6 Å². The number of unbranched alkanes of at least 4 members (excludes halogenated alkanes) is 2. The minimum absolute atomic E-state index is 0.235. The maximum atomic E-state index is 13.8. The summed E-state index contributed by atoms with van der Waals surface area (Å²) in [5, 5.41) is 0. The lowest BCUT2D eigenvalue weighted by atomic mass is 10.0. The molecule has 0 bridgehead atoms. The molecule has 2 nitrogen and oxygen atoms in total. The SMILES string of the molecule is CCCCC[C@H](N)c1cccc(OC)c1F. The molecule has 0 saturated heterocycles. The van der Waals surface area contributed by atoms with Gasteiger partial charge in [0.25, 0.3) is 0 Å². The zero-order chi connectivity index (χ0) is 12.0. The second-order valence-electron chi connectivity index (χ2n) is 3.97. The Balaban J connectivity index is 2.71. The van der Waals surface area contributed by atoms with Gasteiger partial charge in [0, 0.05) is 11.6 Å². The second-order valence-corrected chi connectivity index (χ2v) is 3.97. The number of rotatable bonds is 6. The van der Waals surface area contributed by atoms with E-state index in [1.807, 2.05) is 0 Å². The fourth-order valence-corrected chi connectivity index (χ4v) is 1.74. The van der Waals surface area contributed by atoms with E-state index in [4.69, 9.17) is 10.5 Å². The van der Waals surface area contributed by atoms with Gasteiger partial charge in [-0.3, -0.25) is 0 Å². The smallest absolute Gasteiger partial charge is 0.169 e. The topological polar surface area (TPSA) is 35.2 Å². The molecule has 1 aromatic carbocycles. The van der Waals surface area contributed by atoms with Crippen molar-refractivity contribution in [3.05, 3.63) is 29.6 Å². The van der Waals surface area contributed by atoms with Gasteiger partial charge < -0.3 is 10.5 Å². The lowest BCUT2D eigenvalue weighted by molar-refractivity contribution is 0.381. The number of ether oxygens (including phenoxy) is 1. The highest BCUT2D eigenvalue weighted by atomic mass is 19.1. The Labute approximate surface area is 96.6 Å². The number of halogens is 1. The zero-order valence-electron chi connectivity index (χ0n) is 10.0. The summed E-state index contributed by atoms with van der Waals surface area (Å²) in [4.78, 5) is 0. The van der Waals surface area contributed by atoms with Crippen molar-refractivity contribution in [3.63, 3.8) is 0 Å². The maximum absolute atomic E-state index is 13.8. The lowest BCUT2D eigenvalue weighted by Crippen LogP contribution is -2.12. The summed E-state index contributed by atoms with van der Waals surface area (Å²) in [6.45, 7) is 2.14. The summed E-state index contributed by atoms with van der Waals surface area (Å²) in [7, 11) is 1.46. The van der Waals surface area contributed by atoms with Crippen molar-refractivity contribution in [3.8, 4) is 5.75 Å². The Bertz CT molecular complexity index is 328. The van der Waals surface area contributed by atoms with E-state index < -0.39 is 0 Å². The summed E-state index contributed by atoms with van der Waals surface area (Å²) in [6.07, 6.45) is 4.14. The van der Waals surface area contributed by atoms with Crippen molar-refractivity contribution in [2.24, 2.45) is 5.73 Å². The minimum Gasteiger partial charge on any atom is -0.494 e. The first kappa shape index (κ1) is 13.0. The van der Waals surface area contributed by atoms with Crippen LogP contribution >= 0.6 is 0 Å². The molecule has 2 N–H and O–H groups in total. The third-order valence-corrected chi connectivity index (χ3v) is 2.73. The van der Waals surface area contributed by atoms with Crippen LogP contribution in [-0.4, -0.2) is 7.11 Å². The molecule has 1 atom stereocenters. The number of methoxy groups -OCH3 is 1. The lowest BCUT2D eigenvalue weighted by Gasteiger charge is -2.14. The molecular weight excluding hydrogens is 205 g/mol. The van der Waals surface area contributed by atoms with Crippen LogP contribution in [-0.2, 0) is 0 Å². The molecule has 0 aliphatic carbocycles. The first-order valence-corrected chi connectivity index (χ1v) is 5.78. The van der Waals surface area contributed by atoms with Gasteiger partial charge in [0.2, 0.25) is 0 Å². The van der Waals surface area contributed by atoms with Gasteiger partial charge in [0.1, 0.15) is 0 Å². The molecule has 0 aliphatic rings. The van der Waals surface area contributed by atoms with Gasteiger partial charge in [-0.2, -0.15) is 0 Å². The van der Waals surface area contributed by atoms with Gasteiger partial charge in [0.05, 0.1) is 7.11 Å². The standard InChI is InChI=1S/C13H20FNO/c1-3-4-5-8-11(15)10-7-6-9-12(16-2)13(10)14/h6-7,9,11H,3-5,8,15H2,1-2H3/t11-/m0/s1. The van der Waals surface area contributed by atoms with Crippen molar-refractivity contribution in [1.29, 1.82) is 0 Å². The molecule has 0 amide bonds. The van der Waals surface area contributed by atoms with Gasteiger partial charge in [-0.25, -0.2) is 4.39 Å². The van der Waals surface area contributed by atoms with Crippen LogP contribution in [0.15, 0.2) is 18.2 Å². The third-order valence-electron chi connectivity index (χ3n) is 2.73. The summed E-state index contributed by atoms with van der Waals surface area (Å²) in [5.74, 6) is -0.0579. The summed E-state index contributed by atoms with van der Waals surface area (Å²) >= 11 is 0. The van der Waals surface area contributed by atoms with Crippen LogP contribution in [0.4, 0.5) is 4.39 Å². The van der Waals surface area contributed by atoms with Gasteiger partial charge in [-0.1, -0.05) is 38.3 Å². The van der Waals surface area contributed by atoms with Crippen LogP contribution < -0.4 is 10.5 Å². The molecule has 0 heterocycles. The Hall–Kier alpha value is -1.09. The minimum atomic E-state index is -0.325. The van der Waals surface area contributed by atoms with E-state index in [2.05, 4.69) is 6.92 Å². The number of nitrogens with two attached hydrogens (primary N) is 1. The predicted molar refractivity (Wildman–Crippen MR) is 64.0 cm³/mol. The quantitative estimate of drug-likeness (QED) is 0.753. The molecular formula is C13H20FNO. The van der Waals surface area contributed by atoms with E-state index in [1.165, 1.54) is 7.11 Å². The average Bonchev–Trinajstić information content (AvgIpc) is 2.29. The van der Waals surface area contributed by atoms with Gasteiger partial charge in [-0.05, 0) is 12.5 Å². The molecule has 0 aliphatic heterocycles. The van der Waals surface area contributed by atoms with Crippen LogP contribution in [0.3, 0.4) is 0 Å². The largest absolute Gasteiger partial charge is 0.494 e. The van der Waals surface area contributed by atoms with Gasteiger partial charge in [-0.15, -0.1) is 0 Å². The Kier molecular flexibility index (Phi) is 5.26. The fraction of sp³-hybridized carbons (Fsp3) is 0.538. The molecule has 90 valence electrons. The Morgan fingerprint density at radius 3 is 2.75 bits per heavy atom. The molecule has 0 fully saturated rings. The van der Waals surface area contributed by atoms with E-state index in [-0.39, 0.29) is 17.6 Å². The fourth-order valence-electron chi connectivity index (χ4n) is 1.74. The van der Waals surface area contributed by atoms with Crippen LogP contribution in [0, 0.1) is 5.82 Å². The van der Waals surface area contributed by atoms with Crippen molar-refractivity contribution in [1.82, 2.24) is 0 Å². The zero-order valence-corrected chi connectivity index (χ0v) is 10.0. The average molecular weight is 225 g/mol. The molecule has 3 heteroatoms. The predicted octanol–water partition coefficient (Wildman–Crippen LogP) is 3.41. The third kappa shape index (κ3) is 3.20. The van der Waals surface area contributed by atoms with Crippen molar-refractivity contribution < 1.29 is 9.13 Å². The van der Waals surface area contributed by atoms with E-state index in [1.54, 1.807) is 18.2 Å². The van der Waals surface area contributed by atoms with Crippen LogP contribution in [0.25, 0.3) is 0 Å². The Morgan fingerprint density at radius 2 is 2.12 bits per heavy atom. The Morgan fingerprint density at radius 1 is 1.38 bits per heavy atom. The van der Waals surface area contributed by atoms with Crippen LogP contribution in [0.5, 0.6) is 5.75 Å². The molecule has 0 aromatic heterocycles. The highest BCUT2D eigenvalue weighted by Crippen LogP contribution is 2.26. The van der Waals surface area contributed by atoms with E-state index in [0.717, 1.165) is 25.7 Å². The van der Waals surface area contributed by atoms with Gasteiger partial charge in [0.15, 0.2) is 11.6 Å². The highest BCUT2D eigenvalue weighted by Gasteiger charge is 2.14. The monoisotopic (exact) mass is 225 g/mol. The normalized spacial score (nSPS) is 12.5. The molecule has 0 saturated carbocycles. The van der Waals surface area contributed by atoms with Crippen LogP contribution in [0.2, 0.25) is 0 Å². The molecule has 0 spiro atoms. The number of hydrogen-bond donors (Lipinski definition) is 1. The molecule has 1 aromatic rings. The molecule has 0 radical (unpaired) electrons. The number of benzene rings is 1. The number of hydrogen-bond acceptors (Lipinski definition) is 2. The first-order chi connectivity index (χ1) is 7.70. The van der Waals surface area contributed by atoms with Crippen LogP contribution in [0.1, 0.15) is 44.2 Å². The van der Waals surface area contributed by atoms with Crippen molar-refractivity contribution in [2.75, 3.05) is 7.11 Å². The summed E-state index contributed by atoms with van der Waals surface area (Å²) in [5.41, 5.74) is 6.52. The summed E-state index contributed by atoms with van der Waals surface area (Å²) < 4.78 is 18.8. The second kappa shape index (κ2) is 6.48. The molecule has 1 rings (SSSR count). The first-order valence-electron chi connectivity index (χ1n) is 5.78. The highest BCUT2D eigenvalue weighted by molar-refractivity contribution is 5.32.